The van der Waals surface area contributed by atoms with E-state index in [2.05, 4.69) is 27.6 Å². The van der Waals surface area contributed by atoms with E-state index in [-0.39, 0.29) is 24.0 Å². The highest BCUT2D eigenvalue weighted by molar-refractivity contribution is 5.93. The van der Waals surface area contributed by atoms with Crippen LogP contribution in [0.25, 0.3) is 33.1 Å². The van der Waals surface area contributed by atoms with Gasteiger partial charge in [-0.15, -0.1) is 0 Å². The number of para-hydroxylation sites is 2. The van der Waals surface area contributed by atoms with Gasteiger partial charge >= 0.3 is 0 Å². The van der Waals surface area contributed by atoms with Crippen LogP contribution in [0.15, 0.2) is 42.7 Å². The third-order valence-electron chi connectivity index (χ3n) is 3.54. The molecule has 100 valence electrons. The van der Waals surface area contributed by atoms with Crippen molar-refractivity contribution in [3.05, 3.63) is 42.7 Å². The van der Waals surface area contributed by atoms with Crippen LogP contribution in [0.4, 0.5) is 0 Å². The van der Waals surface area contributed by atoms with Crippen LogP contribution in [0, 0.1) is 0 Å². The van der Waals surface area contributed by atoms with Crippen LogP contribution < -0.4 is 28.5 Å². The first-order valence-corrected chi connectivity index (χ1v) is 6.23. The minimum absolute atomic E-state index is 0. The first kappa shape index (κ1) is 13.2. The standard InChI is InChI=1S/C15H13N4.HI/c1-18-9-19(2)15-8-13-12(7-14(15)18)16-10-5-3-4-6-11(10)17-13;/h3-9H,1-2H3;1H/q+1;/p-1. The summed E-state index contributed by atoms with van der Waals surface area (Å²) in [4.78, 5) is 9.39. The van der Waals surface area contributed by atoms with Gasteiger partial charge in [-0.3, -0.25) is 0 Å². The number of aromatic nitrogens is 4. The molecule has 0 spiro atoms. The normalized spacial score (nSPS) is 11.1. The van der Waals surface area contributed by atoms with Crippen molar-refractivity contribution in [2.75, 3.05) is 0 Å². The lowest BCUT2D eigenvalue weighted by Crippen LogP contribution is -3.00. The van der Waals surface area contributed by atoms with E-state index in [1.54, 1.807) is 0 Å². The number of imidazole rings is 1. The average molecular weight is 376 g/mol. The molecule has 0 radical (unpaired) electrons. The molecular formula is C15H13IN4. The monoisotopic (exact) mass is 376 g/mol. The summed E-state index contributed by atoms with van der Waals surface area (Å²) in [5.41, 5.74) is 6.08. The summed E-state index contributed by atoms with van der Waals surface area (Å²) in [7, 11) is 4.09. The van der Waals surface area contributed by atoms with Crippen LogP contribution in [0.5, 0.6) is 0 Å². The second-order valence-corrected chi connectivity index (χ2v) is 4.88. The molecule has 0 atom stereocenters. The van der Waals surface area contributed by atoms with E-state index in [0.717, 1.165) is 22.1 Å². The lowest BCUT2D eigenvalue weighted by atomic mass is 10.2. The molecule has 4 rings (SSSR count). The third kappa shape index (κ3) is 1.84. The molecule has 0 saturated heterocycles. The Hall–Kier alpha value is -1.76. The van der Waals surface area contributed by atoms with Crippen molar-refractivity contribution in [1.29, 1.82) is 0 Å². The molecule has 0 amide bonds. The molecule has 0 fully saturated rings. The topological polar surface area (TPSA) is 34.6 Å². The SMILES string of the molecule is Cn1c[n+](C)c2cc3nc4ccccc4nc3cc21.[I-]. The van der Waals surface area contributed by atoms with Gasteiger partial charge < -0.3 is 24.0 Å². The first-order valence-electron chi connectivity index (χ1n) is 6.23. The van der Waals surface area contributed by atoms with Crippen LogP contribution in [0.3, 0.4) is 0 Å². The van der Waals surface area contributed by atoms with E-state index in [9.17, 15) is 0 Å². The molecule has 0 aliphatic rings. The zero-order valence-corrected chi connectivity index (χ0v) is 13.4. The third-order valence-corrected chi connectivity index (χ3v) is 3.54. The van der Waals surface area contributed by atoms with Crippen molar-refractivity contribution >= 4 is 33.1 Å². The van der Waals surface area contributed by atoms with E-state index in [0.29, 0.717) is 0 Å². The number of hydrogen-bond acceptors (Lipinski definition) is 2. The lowest BCUT2D eigenvalue weighted by Gasteiger charge is -2.00. The summed E-state index contributed by atoms with van der Waals surface area (Å²) in [6.07, 6.45) is 2.06. The van der Waals surface area contributed by atoms with Gasteiger partial charge in [0.2, 0.25) is 6.33 Å². The fourth-order valence-corrected chi connectivity index (χ4v) is 2.60. The molecule has 4 nitrogen and oxygen atoms in total. The Kier molecular flexibility index (Phi) is 3.08. The van der Waals surface area contributed by atoms with Crippen LogP contribution in [-0.4, -0.2) is 14.5 Å². The molecule has 2 aromatic carbocycles. The molecule has 5 heteroatoms. The number of rotatable bonds is 0. The predicted octanol–water partition coefficient (Wildman–Crippen LogP) is -0.897. The summed E-state index contributed by atoms with van der Waals surface area (Å²) in [6.45, 7) is 0. The molecular weight excluding hydrogens is 363 g/mol. The zero-order valence-electron chi connectivity index (χ0n) is 11.2. The van der Waals surface area contributed by atoms with Crippen LogP contribution in [-0.2, 0) is 14.1 Å². The highest BCUT2D eigenvalue weighted by atomic mass is 127. The number of aryl methyl sites for hydroxylation is 2. The van der Waals surface area contributed by atoms with Gasteiger partial charge in [0.25, 0.3) is 0 Å². The smallest absolute Gasteiger partial charge is 0.244 e. The van der Waals surface area contributed by atoms with E-state index in [4.69, 9.17) is 9.97 Å². The Morgan fingerprint density at radius 2 is 1.55 bits per heavy atom. The Labute approximate surface area is 133 Å². The zero-order chi connectivity index (χ0) is 13.0. The fourth-order valence-electron chi connectivity index (χ4n) is 2.60. The minimum Gasteiger partial charge on any atom is -1.00 e. The quantitative estimate of drug-likeness (QED) is 0.227. The summed E-state index contributed by atoms with van der Waals surface area (Å²) in [6, 6.07) is 12.2. The molecule has 20 heavy (non-hydrogen) atoms. The van der Waals surface area contributed by atoms with E-state index in [1.165, 1.54) is 11.0 Å². The predicted molar refractivity (Wildman–Crippen MR) is 74.7 cm³/mol. The summed E-state index contributed by atoms with van der Waals surface area (Å²) in [5.74, 6) is 0. The van der Waals surface area contributed by atoms with Gasteiger partial charge in [-0.05, 0) is 12.1 Å². The molecule has 2 heterocycles. The van der Waals surface area contributed by atoms with Crippen LogP contribution in [0.2, 0.25) is 0 Å². The summed E-state index contributed by atoms with van der Waals surface area (Å²) < 4.78 is 4.21. The van der Waals surface area contributed by atoms with E-state index in [1.807, 2.05) is 38.4 Å². The van der Waals surface area contributed by atoms with Crippen molar-refractivity contribution in [3.8, 4) is 0 Å². The highest BCUT2D eigenvalue weighted by Crippen LogP contribution is 2.20. The van der Waals surface area contributed by atoms with Crippen molar-refractivity contribution in [1.82, 2.24) is 14.5 Å². The maximum atomic E-state index is 4.69. The van der Waals surface area contributed by atoms with E-state index < -0.39 is 0 Å². The number of benzene rings is 2. The van der Waals surface area contributed by atoms with Gasteiger partial charge in [-0.1, -0.05) is 12.1 Å². The molecule has 0 saturated carbocycles. The molecule has 0 aliphatic heterocycles. The Morgan fingerprint density at radius 3 is 2.20 bits per heavy atom. The van der Waals surface area contributed by atoms with Crippen LogP contribution in [0.1, 0.15) is 0 Å². The number of hydrogen-bond donors (Lipinski definition) is 0. The minimum atomic E-state index is 0. The second kappa shape index (κ2) is 4.66. The Bertz CT molecular complexity index is 868. The maximum absolute atomic E-state index is 4.69. The van der Waals surface area contributed by atoms with Crippen molar-refractivity contribution in [3.63, 3.8) is 0 Å². The Morgan fingerprint density at radius 1 is 0.950 bits per heavy atom. The summed E-state index contributed by atoms with van der Waals surface area (Å²) >= 11 is 0. The van der Waals surface area contributed by atoms with Crippen molar-refractivity contribution in [2.45, 2.75) is 0 Å². The first-order chi connectivity index (χ1) is 9.22. The van der Waals surface area contributed by atoms with Gasteiger partial charge in [0.1, 0.15) is 0 Å². The van der Waals surface area contributed by atoms with Gasteiger partial charge in [0.05, 0.1) is 36.2 Å². The van der Waals surface area contributed by atoms with Gasteiger partial charge in [-0.25, -0.2) is 19.1 Å². The largest absolute Gasteiger partial charge is 1.00 e. The van der Waals surface area contributed by atoms with Gasteiger partial charge in [-0.2, -0.15) is 0 Å². The van der Waals surface area contributed by atoms with Gasteiger partial charge in [0, 0.05) is 12.1 Å². The van der Waals surface area contributed by atoms with E-state index >= 15 is 0 Å². The van der Waals surface area contributed by atoms with Crippen LogP contribution >= 0.6 is 0 Å². The number of nitrogens with zero attached hydrogens (tertiary/aromatic N) is 4. The van der Waals surface area contributed by atoms with Crippen molar-refractivity contribution < 1.29 is 28.5 Å². The fraction of sp³-hybridized carbons (Fsp3) is 0.133. The van der Waals surface area contributed by atoms with Crippen molar-refractivity contribution in [2.24, 2.45) is 14.1 Å². The molecule has 0 N–H and O–H groups in total. The summed E-state index contributed by atoms with van der Waals surface area (Å²) in [5, 5.41) is 0. The maximum Gasteiger partial charge on any atom is 0.244 e. The molecule has 0 unspecified atom stereocenters. The molecule has 2 aromatic heterocycles. The molecule has 4 aromatic rings. The molecule has 0 bridgehead atoms. The number of fused-ring (bicyclic) bond motifs is 3. The Balaban J connectivity index is 0.00000121. The highest BCUT2D eigenvalue weighted by Gasteiger charge is 2.13. The second-order valence-electron chi connectivity index (χ2n) is 4.88. The lowest BCUT2D eigenvalue weighted by molar-refractivity contribution is -0.645. The number of halogens is 1. The average Bonchev–Trinajstić information content (AvgIpc) is 2.69. The van der Waals surface area contributed by atoms with Gasteiger partial charge in [0.15, 0.2) is 11.0 Å². The molecule has 0 aliphatic carbocycles.